The summed E-state index contributed by atoms with van der Waals surface area (Å²) >= 11 is 11.6. The molecule has 0 heterocycles. The van der Waals surface area contributed by atoms with Crippen molar-refractivity contribution in [3.05, 3.63) is 75.5 Å². The highest BCUT2D eigenvalue weighted by molar-refractivity contribution is 6.31. The minimum atomic E-state index is -0.843. The summed E-state index contributed by atoms with van der Waals surface area (Å²) in [5.41, 5.74) is 1.41. The molecule has 1 nitrogen and oxygen atoms in total. The fourth-order valence-electron chi connectivity index (χ4n) is 1.71. The van der Waals surface area contributed by atoms with Gasteiger partial charge in [-0.25, -0.2) is 0 Å². The van der Waals surface area contributed by atoms with Gasteiger partial charge in [0.2, 0.25) is 5.83 Å². The van der Waals surface area contributed by atoms with Crippen LogP contribution in [0, 0.1) is 11.3 Å². The van der Waals surface area contributed by atoms with Gasteiger partial charge in [-0.05, 0) is 35.4 Å². The van der Waals surface area contributed by atoms with Gasteiger partial charge < -0.3 is 0 Å². The van der Waals surface area contributed by atoms with Crippen LogP contribution in [-0.2, 0) is 0 Å². The molecule has 0 radical (unpaired) electrons. The lowest BCUT2D eigenvalue weighted by Crippen LogP contribution is -1.90. The van der Waals surface area contributed by atoms with Crippen molar-refractivity contribution >= 4 is 28.8 Å². The Kier molecular flexibility index (Phi) is 4.21. The molecule has 2 aromatic rings. The van der Waals surface area contributed by atoms with E-state index >= 15 is 0 Å². The molecule has 0 N–H and O–H groups in total. The highest BCUT2D eigenvalue weighted by Gasteiger charge is 2.12. The third-order valence-electron chi connectivity index (χ3n) is 2.58. The molecule has 19 heavy (non-hydrogen) atoms. The van der Waals surface area contributed by atoms with Crippen molar-refractivity contribution in [3.63, 3.8) is 0 Å². The highest BCUT2D eigenvalue weighted by atomic mass is 35.5. The minimum absolute atomic E-state index is 0.232. The van der Waals surface area contributed by atoms with Gasteiger partial charge in [0, 0.05) is 15.6 Å². The summed E-state index contributed by atoms with van der Waals surface area (Å²) in [7, 11) is 0. The minimum Gasteiger partial charge on any atom is -0.194 e. The molecule has 0 fully saturated rings. The Bertz CT molecular complexity index is 605. The van der Waals surface area contributed by atoms with Crippen LogP contribution in [0.2, 0.25) is 10.0 Å². The van der Waals surface area contributed by atoms with Gasteiger partial charge in [-0.1, -0.05) is 47.5 Å². The number of allylic oxidation sites excluding steroid dienone is 1. The van der Waals surface area contributed by atoms with E-state index in [0.717, 1.165) is 0 Å². The summed E-state index contributed by atoms with van der Waals surface area (Å²) in [5.74, 6) is -0.843. The second-order valence-corrected chi connectivity index (χ2v) is 4.69. The van der Waals surface area contributed by atoms with Crippen LogP contribution in [0.15, 0.2) is 54.4 Å². The normalized spacial score (nSPS) is 9.79. The van der Waals surface area contributed by atoms with E-state index in [-0.39, 0.29) is 5.57 Å². The lowest BCUT2D eigenvalue weighted by molar-refractivity contribution is 0.676. The van der Waals surface area contributed by atoms with Crippen LogP contribution in [0.1, 0.15) is 11.1 Å². The van der Waals surface area contributed by atoms with Crippen LogP contribution in [0.4, 0.5) is 4.39 Å². The first-order valence-corrected chi connectivity index (χ1v) is 6.19. The predicted octanol–water partition coefficient (Wildman–Crippen LogP) is 5.25. The van der Waals surface area contributed by atoms with Crippen molar-refractivity contribution in [2.24, 2.45) is 0 Å². The summed E-state index contributed by atoms with van der Waals surface area (Å²) < 4.78 is 13.8. The Morgan fingerprint density at radius 3 is 1.53 bits per heavy atom. The standard InChI is InChI=1S/C15H8Cl2FN/c16-12-5-1-10(2-6-12)15(14(18)9-19)11-3-7-13(17)8-4-11/h1-8H. The molecule has 0 saturated carbocycles. The number of rotatable bonds is 2. The molecule has 0 aliphatic rings. The van der Waals surface area contributed by atoms with Gasteiger partial charge in [0.1, 0.15) is 6.07 Å². The molecule has 0 unspecified atom stereocenters. The summed E-state index contributed by atoms with van der Waals surface area (Å²) in [4.78, 5) is 0. The first-order valence-electron chi connectivity index (χ1n) is 5.43. The van der Waals surface area contributed by atoms with Crippen molar-refractivity contribution in [1.82, 2.24) is 0 Å². The third-order valence-corrected chi connectivity index (χ3v) is 3.09. The number of benzene rings is 2. The van der Waals surface area contributed by atoms with Gasteiger partial charge in [0.15, 0.2) is 0 Å². The average molecular weight is 292 g/mol. The Morgan fingerprint density at radius 2 is 1.21 bits per heavy atom. The number of hydrogen-bond acceptors (Lipinski definition) is 1. The molecule has 0 saturated heterocycles. The Balaban J connectivity index is 2.59. The largest absolute Gasteiger partial charge is 0.208 e. The van der Waals surface area contributed by atoms with Crippen LogP contribution in [-0.4, -0.2) is 0 Å². The van der Waals surface area contributed by atoms with Crippen molar-refractivity contribution in [2.45, 2.75) is 0 Å². The van der Waals surface area contributed by atoms with E-state index in [0.29, 0.717) is 21.2 Å². The van der Waals surface area contributed by atoms with Gasteiger partial charge in [-0.2, -0.15) is 9.65 Å². The number of halogens is 3. The van der Waals surface area contributed by atoms with E-state index in [1.165, 1.54) is 6.07 Å². The first kappa shape index (κ1) is 13.6. The Hall–Kier alpha value is -1.82. The van der Waals surface area contributed by atoms with Crippen LogP contribution in [0.3, 0.4) is 0 Å². The molecule has 4 heteroatoms. The molecule has 0 aliphatic heterocycles. The third kappa shape index (κ3) is 3.14. The molecule has 2 aromatic carbocycles. The van der Waals surface area contributed by atoms with Crippen molar-refractivity contribution < 1.29 is 4.39 Å². The van der Waals surface area contributed by atoms with Crippen LogP contribution in [0.25, 0.3) is 5.57 Å². The monoisotopic (exact) mass is 291 g/mol. The van der Waals surface area contributed by atoms with E-state index in [4.69, 9.17) is 28.5 Å². The Morgan fingerprint density at radius 1 is 0.842 bits per heavy atom. The summed E-state index contributed by atoms with van der Waals surface area (Å²) in [6, 6.07) is 14.8. The highest BCUT2D eigenvalue weighted by Crippen LogP contribution is 2.29. The zero-order valence-electron chi connectivity index (χ0n) is 9.70. The van der Waals surface area contributed by atoms with E-state index in [1.807, 2.05) is 0 Å². The van der Waals surface area contributed by atoms with Gasteiger partial charge in [0.25, 0.3) is 0 Å². The zero-order chi connectivity index (χ0) is 13.8. The average Bonchev–Trinajstić information content (AvgIpc) is 2.43. The molecule has 94 valence electrons. The molecular formula is C15H8Cl2FN. The van der Waals surface area contributed by atoms with E-state index in [9.17, 15) is 4.39 Å². The van der Waals surface area contributed by atoms with Gasteiger partial charge in [-0.3, -0.25) is 0 Å². The van der Waals surface area contributed by atoms with E-state index in [1.54, 1.807) is 48.5 Å². The molecule has 0 bridgehead atoms. The quantitative estimate of drug-likeness (QED) is 0.694. The second-order valence-electron chi connectivity index (χ2n) is 3.81. The summed E-state index contributed by atoms with van der Waals surface area (Å²) in [6.07, 6.45) is 0. The van der Waals surface area contributed by atoms with Gasteiger partial charge in [0.05, 0.1) is 0 Å². The fourth-order valence-corrected chi connectivity index (χ4v) is 1.96. The Labute approximate surface area is 120 Å². The SMILES string of the molecule is N#CC(F)=C(c1ccc(Cl)cc1)c1ccc(Cl)cc1. The summed E-state index contributed by atoms with van der Waals surface area (Å²) in [6.45, 7) is 0. The number of hydrogen-bond donors (Lipinski definition) is 0. The van der Waals surface area contributed by atoms with E-state index < -0.39 is 5.83 Å². The van der Waals surface area contributed by atoms with Crippen LogP contribution < -0.4 is 0 Å². The molecule has 0 aliphatic carbocycles. The maximum atomic E-state index is 13.8. The van der Waals surface area contributed by atoms with Gasteiger partial charge in [-0.15, -0.1) is 0 Å². The topological polar surface area (TPSA) is 23.8 Å². The molecule has 0 aromatic heterocycles. The van der Waals surface area contributed by atoms with Crippen LogP contribution >= 0.6 is 23.2 Å². The first-order chi connectivity index (χ1) is 9.11. The van der Waals surface area contributed by atoms with E-state index in [2.05, 4.69) is 0 Å². The van der Waals surface area contributed by atoms with Crippen molar-refractivity contribution in [3.8, 4) is 6.07 Å². The zero-order valence-corrected chi connectivity index (χ0v) is 11.2. The predicted molar refractivity (Wildman–Crippen MR) is 75.6 cm³/mol. The maximum absolute atomic E-state index is 13.8. The molecule has 0 amide bonds. The van der Waals surface area contributed by atoms with Crippen molar-refractivity contribution in [2.75, 3.05) is 0 Å². The second kappa shape index (κ2) is 5.88. The molecule has 0 spiro atoms. The lowest BCUT2D eigenvalue weighted by atomic mass is 9.97. The lowest BCUT2D eigenvalue weighted by Gasteiger charge is -2.08. The molecule has 0 atom stereocenters. The number of nitrogens with zero attached hydrogens (tertiary/aromatic N) is 1. The van der Waals surface area contributed by atoms with Crippen molar-refractivity contribution in [1.29, 1.82) is 5.26 Å². The number of nitriles is 1. The summed E-state index contributed by atoms with van der Waals surface area (Å²) in [5, 5.41) is 9.91. The van der Waals surface area contributed by atoms with Gasteiger partial charge >= 0.3 is 0 Å². The van der Waals surface area contributed by atoms with Crippen LogP contribution in [0.5, 0.6) is 0 Å². The smallest absolute Gasteiger partial charge is 0.194 e. The molecule has 2 rings (SSSR count). The fraction of sp³-hybridized carbons (Fsp3) is 0. The maximum Gasteiger partial charge on any atom is 0.208 e. The molecular weight excluding hydrogens is 284 g/mol.